The van der Waals surface area contributed by atoms with E-state index in [0.29, 0.717) is 16.9 Å². The zero-order valence-corrected chi connectivity index (χ0v) is 10.5. The molecule has 3 nitrogen and oxygen atoms in total. The van der Waals surface area contributed by atoms with Gasteiger partial charge in [-0.25, -0.2) is 0 Å². The number of rotatable bonds is 2. The minimum absolute atomic E-state index is 0.247. The third kappa shape index (κ3) is 3.14. The maximum absolute atomic E-state index is 12.4. The Hall–Kier alpha value is -1.82. The summed E-state index contributed by atoms with van der Waals surface area (Å²) in [4.78, 5) is 0. The van der Waals surface area contributed by atoms with Gasteiger partial charge in [0.2, 0.25) is 0 Å². The molecule has 1 heterocycles. The molecule has 0 aliphatic heterocycles. The maximum atomic E-state index is 12.4. The van der Waals surface area contributed by atoms with Crippen LogP contribution in [0.4, 0.5) is 24.5 Å². The van der Waals surface area contributed by atoms with E-state index < -0.39 is 11.7 Å². The third-order valence-corrected chi connectivity index (χ3v) is 2.90. The zero-order chi connectivity index (χ0) is 14.0. The van der Waals surface area contributed by atoms with Gasteiger partial charge in [-0.2, -0.15) is 18.3 Å². The molecule has 0 aliphatic rings. The number of benzene rings is 1. The Balaban J connectivity index is 2.23. The summed E-state index contributed by atoms with van der Waals surface area (Å²) in [5.41, 5.74) is 1.09. The smallest absolute Gasteiger partial charge is 0.354 e. The predicted octanol–water partition coefficient (Wildman–Crippen LogP) is 4.20. The highest BCUT2D eigenvalue weighted by atomic mass is 35.5. The van der Waals surface area contributed by atoms with E-state index in [2.05, 4.69) is 15.5 Å². The lowest BCUT2D eigenvalue weighted by atomic mass is 10.2. The fourth-order valence-corrected chi connectivity index (χ4v) is 1.59. The minimum atomic E-state index is -4.34. The van der Waals surface area contributed by atoms with Crippen LogP contribution in [0.15, 0.2) is 30.5 Å². The Labute approximate surface area is 112 Å². The number of halogens is 4. The van der Waals surface area contributed by atoms with Crippen LogP contribution in [0.5, 0.6) is 0 Å². The van der Waals surface area contributed by atoms with Crippen molar-refractivity contribution in [3.63, 3.8) is 0 Å². The standard InChI is InChI=1S/C12H9ClF3N3/c1-7-10(6-17-19-11(7)13)18-9-4-2-8(3-5-9)12(14,15)16/h2-6H,1H3,(H,18,19). The van der Waals surface area contributed by atoms with E-state index in [1.807, 2.05) is 0 Å². The fraction of sp³-hybridized carbons (Fsp3) is 0.167. The number of aromatic nitrogens is 2. The van der Waals surface area contributed by atoms with Crippen molar-refractivity contribution in [3.05, 3.63) is 46.7 Å². The summed E-state index contributed by atoms with van der Waals surface area (Å²) in [6.45, 7) is 1.74. The number of alkyl halides is 3. The minimum Gasteiger partial charge on any atom is -0.354 e. The van der Waals surface area contributed by atoms with Crippen molar-refractivity contribution in [1.29, 1.82) is 0 Å². The first-order chi connectivity index (χ1) is 8.88. The van der Waals surface area contributed by atoms with Gasteiger partial charge in [-0.05, 0) is 31.2 Å². The Kier molecular flexibility index (Phi) is 3.61. The Morgan fingerprint density at radius 1 is 1.16 bits per heavy atom. The molecule has 0 saturated carbocycles. The van der Waals surface area contributed by atoms with E-state index >= 15 is 0 Å². The molecule has 0 unspecified atom stereocenters. The Morgan fingerprint density at radius 2 is 1.79 bits per heavy atom. The van der Waals surface area contributed by atoms with Gasteiger partial charge in [-0.3, -0.25) is 0 Å². The molecule has 19 heavy (non-hydrogen) atoms. The highest BCUT2D eigenvalue weighted by Crippen LogP contribution is 2.30. The fourth-order valence-electron chi connectivity index (χ4n) is 1.44. The summed E-state index contributed by atoms with van der Waals surface area (Å²) in [6.07, 6.45) is -2.88. The van der Waals surface area contributed by atoms with Crippen LogP contribution in [0.1, 0.15) is 11.1 Å². The molecule has 0 radical (unpaired) electrons. The van der Waals surface area contributed by atoms with E-state index in [1.165, 1.54) is 18.3 Å². The molecule has 0 bridgehead atoms. The summed E-state index contributed by atoms with van der Waals surface area (Å²) >= 11 is 5.80. The van der Waals surface area contributed by atoms with Crippen LogP contribution in [0.3, 0.4) is 0 Å². The van der Waals surface area contributed by atoms with Crippen molar-refractivity contribution in [1.82, 2.24) is 10.2 Å². The van der Waals surface area contributed by atoms with Crippen molar-refractivity contribution in [2.75, 3.05) is 5.32 Å². The van der Waals surface area contributed by atoms with Crippen molar-refractivity contribution in [3.8, 4) is 0 Å². The molecule has 0 aliphatic carbocycles. The average Bonchev–Trinajstić information content (AvgIpc) is 2.35. The Bertz CT molecular complexity index is 582. The van der Waals surface area contributed by atoms with E-state index in [-0.39, 0.29) is 5.15 Å². The summed E-state index contributed by atoms with van der Waals surface area (Å²) in [5, 5.41) is 10.5. The van der Waals surface area contributed by atoms with Gasteiger partial charge in [0.25, 0.3) is 0 Å². The molecule has 0 amide bonds. The lowest BCUT2D eigenvalue weighted by Crippen LogP contribution is -2.04. The number of nitrogens with zero attached hydrogens (tertiary/aromatic N) is 2. The third-order valence-electron chi connectivity index (χ3n) is 2.54. The van der Waals surface area contributed by atoms with Crippen LogP contribution < -0.4 is 5.32 Å². The van der Waals surface area contributed by atoms with Crippen molar-refractivity contribution >= 4 is 23.0 Å². The highest BCUT2D eigenvalue weighted by molar-refractivity contribution is 6.30. The molecule has 2 aromatic rings. The van der Waals surface area contributed by atoms with Gasteiger partial charge in [0.05, 0.1) is 17.4 Å². The van der Waals surface area contributed by atoms with E-state index in [9.17, 15) is 13.2 Å². The van der Waals surface area contributed by atoms with Crippen LogP contribution in [0.2, 0.25) is 5.15 Å². The van der Waals surface area contributed by atoms with Gasteiger partial charge < -0.3 is 5.32 Å². The van der Waals surface area contributed by atoms with E-state index in [0.717, 1.165) is 12.1 Å². The molecule has 1 aromatic carbocycles. The SMILES string of the molecule is Cc1c(Nc2ccc(C(F)(F)F)cc2)cnnc1Cl. The summed E-state index contributed by atoms with van der Waals surface area (Å²) in [7, 11) is 0. The molecule has 7 heteroatoms. The first-order valence-electron chi connectivity index (χ1n) is 5.30. The number of hydrogen-bond acceptors (Lipinski definition) is 3. The van der Waals surface area contributed by atoms with E-state index in [1.54, 1.807) is 6.92 Å². The quantitative estimate of drug-likeness (QED) is 0.899. The summed E-state index contributed by atoms with van der Waals surface area (Å²) in [6, 6.07) is 4.70. The molecule has 1 N–H and O–H groups in total. The molecule has 100 valence electrons. The molecule has 0 spiro atoms. The molecule has 0 atom stereocenters. The lowest BCUT2D eigenvalue weighted by Gasteiger charge is -2.11. The molecular weight excluding hydrogens is 279 g/mol. The molecule has 0 saturated heterocycles. The van der Waals surface area contributed by atoms with Crippen LogP contribution in [0, 0.1) is 6.92 Å². The number of hydrogen-bond donors (Lipinski definition) is 1. The number of nitrogens with one attached hydrogen (secondary N) is 1. The lowest BCUT2D eigenvalue weighted by molar-refractivity contribution is -0.137. The summed E-state index contributed by atoms with van der Waals surface area (Å²) in [5.74, 6) is 0. The topological polar surface area (TPSA) is 37.8 Å². The average molecular weight is 288 g/mol. The van der Waals surface area contributed by atoms with Gasteiger partial charge >= 0.3 is 6.18 Å². The predicted molar refractivity (Wildman–Crippen MR) is 66.5 cm³/mol. The zero-order valence-electron chi connectivity index (χ0n) is 9.79. The van der Waals surface area contributed by atoms with Crippen molar-refractivity contribution in [2.45, 2.75) is 13.1 Å². The first-order valence-corrected chi connectivity index (χ1v) is 5.68. The van der Waals surface area contributed by atoms with Gasteiger partial charge in [0.15, 0.2) is 5.15 Å². The monoisotopic (exact) mass is 287 g/mol. The molecule has 1 aromatic heterocycles. The number of anilines is 2. The summed E-state index contributed by atoms with van der Waals surface area (Å²) < 4.78 is 37.2. The first kappa shape index (κ1) is 13.6. The second kappa shape index (κ2) is 5.05. The van der Waals surface area contributed by atoms with Crippen LogP contribution in [0.25, 0.3) is 0 Å². The van der Waals surface area contributed by atoms with Gasteiger partial charge in [0.1, 0.15) is 0 Å². The van der Waals surface area contributed by atoms with Gasteiger partial charge in [0, 0.05) is 11.3 Å². The Morgan fingerprint density at radius 3 is 2.37 bits per heavy atom. The van der Waals surface area contributed by atoms with Crippen LogP contribution in [-0.2, 0) is 6.18 Å². The molecule has 2 rings (SSSR count). The van der Waals surface area contributed by atoms with Crippen molar-refractivity contribution in [2.24, 2.45) is 0 Å². The second-order valence-corrected chi connectivity index (χ2v) is 4.23. The maximum Gasteiger partial charge on any atom is 0.416 e. The van der Waals surface area contributed by atoms with E-state index in [4.69, 9.17) is 11.6 Å². The van der Waals surface area contributed by atoms with Crippen LogP contribution in [-0.4, -0.2) is 10.2 Å². The second-order valence-electron chi connectivity index (χ2n) is 3.87. The van der Waals surface area contributed by atoms with Crippen molar-refractivity contribution < 1.29 is 13.2 Å². The molecular formula is C12H9ClF3N3. The molecule has 0 fully saturated rings. The largest absolute Gasteiger partial charge is 0.416 e. The normalized spacial score (nSPS) is 11.4. The van der Waals surface area contributed by atoms with Gasteiger partial charge in [-0.1, -0.05) is 11.6 Å². The highest BCUT2D eigenvalue weighted by Gasteiger charge is 2.29. The van der Waals surface area contributed by atoms with Crippen LogP contribution >= 0.6 is 11.6 Å². The van der Waals surface area contributed by atoms with Gasteiger partial charge in [-0.15, -0.1) is 5.10 Å².